The van der Waals surface area contributed by atoms with Crippen LogP contribution in [-0.4, -0.2) is 44.0 Å². The third-order valence-corrected chi connectivity index (χ3v) is 3.05. The molecule has 1 aromatic carbocycles. The fourth-order valence-electron chi connectivity index (χ4n) is 1.49. The van der Waals surface area contributed by atoms with Gasteiger partial charge in [0.2, 0.25) is 5.91 Å². The fourth-order valence-corrected chi connectivity index (χ4v) is 1.61. The van der Waals surface area contributed by atoms with E-state index >= 15 is 0 Å². The summed E-state index contributed by atoms with van der Waals surface area (Å²) < 4.78 is 0. The molecule has 0 aliphatic rings. The van der Waals surface area contributed by atoms with Crippen LogP contribution >= 0.6 is 35.6 Å². The summed E-state index contributed by atoms with van der Waals surface area (Å²) in [5, 5.41) is 6.85. The molecule has 0 unspecified atom stereocenters. The molecule has 23 heavy (non-hydrogen) atoms. The van der Waals surface area contributed by atoms with Crippen LogP contribution in [0.3, 0.4) is 0 Å². The standard InChI is InChI=1S/C16H23ClN4O.HI/c1-12(2)9-18-16(20-11-15(22)21(3)4)19-10-13-5-7-14(17)8-6-13;/h5-8H,1,9-11H2,2-4H3,(H2,18,19,20);1H. The number of amides is 1. The predicted molar refractivity (Wildman–Crippen MR) is 108 cm³/mol. The number of carbonyl (C=O) groups excluding carboxylic acids is 1. The highest BCUT2D eigenvalue weighted by Crippen LogP contribution is 2.10. The minimum atomic E-state index is -0.0173. The minimum Gasteiger partial charge on any atom is -0.353 e. The highest BCUT2D eigenvalue weighted by molar-refractivity contribution is 14.0. The zero-order valence-electron chi connectivity index (χ0n) is 13.7. The number of rotatable bonds is 6. The second kappa shape index (κ2) is 11.3. The summed E-state index contributed by atoms with van der Waals surface area (Å²) in [6, 6.07) is 7.51. The Balaban J connectivity index is 0.00000484. The molecule has 0 atom stereocenters. The van der Waals surface area contributed by atoms with Crippen molar-refractivity contribution >= 4 is 47.4 Å². The van der Waals surface area contributed by atoms with Gasteiger partial charge in [0.15, 0.2) is 5.96 Å². The van der Waals surface area contributed by atoms with E-state index < -0.39 is 0 Å². The Hall–Kier alpha value is -1.28. The normalized spacial score (nSPS) is 10.5. The van der Waals surface area contributed by atoms with E-state index in [2.05, 4.69) is 22.2 Å². The molecule has 2 N–H and O–H groups in total. The summed E-state index contributed by atoms with van der Waals surface area (Å²) in [5.74, 6) is 0.560. The van der Waals surface area contributed by atoms with Gasteiger partial charge in [0.25, 0.3) is 0 Å². The average Bonchev–Trinajstić information content (AvgIpc) is 2.47. The molecule has 5 nitrogen and oxygen atoms in total. The fraction of sp³-hybridized carbons (Fsp3) is 0.375. The summed E-state index contributed by atoms with van der Waals surface area (Å²) in [5.41, 5.74) is 2.03. The van der Waals surface area contributed by atoms with Gasteiger partial charge in [-0.25, -0.2) is 4.99 Å². The second-order valence-electron chi connectivity index (χ2n) is 5.24. The number of likely N-dealkylation sites (N-methyl/N-ethyl adjacent to an activating group) is 1. The van der Waals surface area contributed by atoms with Gasteiger partial charge in [-0.3, -0.25) is 4.79 Å². The number of carbonyl (C=O) groups is 1. The third-order valence-electron chi connectivity index (χ3n) is 2.80. The molecule has 0 saturated carbocycles. The van der Waals surface area contributed by atoms with Crippen molar-refractivity contribution in [3.05, 3.63) is 47.0 Å². The number of guanidine groups is 1. The van der Waals surface area contributed by atoms with E-state index in [1.165, 1.54) is 4.90 Å². The lowest BCUT2D eigenvalue weighted by molar-refractivity contribution is -0.127. The van der Waals surface area contributed by atoms with Crippen LogP contribution in [0.15, 0.2) is 41.4 Å². The van der Waals surface area contributed by atoms with Crippen LogP contribution in [0.25, 0.3) is 0 Å². The van der Waals surface area contributed by atoms with Gasteiger partial charge in [0, 0.05) is 25.7 Å². The third kappa shape index (κ3) is 9.45. The molecule has 0 aromatic heterocycles. The Morgan fingerprint density at radius 2 is 1.78 bits per heavy atom. The number of benzene rings is 1. The van der Waals surface area contributed by atoms with Gasteiger partial charge in [-0.05, 0) is 24.6 Å². The van der Waals surface area contributed by atoms with Crippen LogP contribution in [0.2, 0.25) is 5.02 Å². The molecule has 0 fully saturated rings. The molecular formula is C16H24ClIN4O. The van der Waals surface area contributed by atoms with Gasteiger partial charge in [-0.1, -0.05) is 35.9 Å². The first-order valence-electron chi connectivity index (χ1n) is 6.99. The zero-order chi connectivity index (χ0) is 16.5. The van der Waals surface area contributed by atoms with E-state index in [0.29, 0.717) is 24.1 Å². The molecule has 0 heterocycles. The van der Waals surface area contributed by atoms with Gasteiger partial charge in [-0.2, -0.15) is 0 Å². The van der Waals surface area contributed by atoms with E-state index in [-0.39, 0.29) is 36.4 Å². The predicted octanol–water partition coefficient (Wildman–Crippen LogP) is 2.66. The molecule has 0 radical (unpaired) electrons. The SMILES string of the molecule is C=C(C)CNC(=NCc1ccc(Cl)cc1)NCC(=O)N(C)C.I. The Morgan fingerprint density at radius 1 is 1.22 bits per heavy atom. The summed E-state index contributed by atoms with van der Waals surface area (Å²) in [7, 11) is 3.44. The van der Waals surface area contributed by atoms with E-state index in [1.807, 2.05) is 31.2 Å². The van der Waals surface area contributed by atoms with Gasteiger partial charge >= 0.3 is 0 Å². The summed E-state index contributed by atoms with van der Waals surface area (Å²) in [4.78, 5) is 17.6. The molecule has 128 valence electrons. The van der Waals surface area contributed by atoms with Crippen molar-refractivity contribution < 1.29 is 4.79 Å². The number of nitrogens with one attached hydrogen (secondary N) is 2. The Bertz CT molecular complexity index is 544. The largest absolute Gasteiger partial charge is 0.353 e. The van der Waals surface area contributed by atoms with Crippen LogP contribution < -0.4 is 10.6 Å². The maximum absolute atomic E-state index is 11.6. The quantitative estimate of drug-likeness (QED) is 0.303. The molecular weight excluding hydrogens is 427 g/mol. The van der Waals surface area contributed by atoms with Crippen LogP contribution in [-0.2, 0) is 11.3 Å². The highest BCUT2D eigenvalue weighted by Gasteiger charge is 2.05. The molecule has 0 bridgehead atoms. The van der Waals surface area contributed by atoms with Crippen molar-refractivity contribution in [2.45, 2.75) is 13.5 Å². The average molecular weight is 451 g/mol. The molecule has 0 spiro atoms. The van der Waals surface area contributed by atoms with Crippen LogP contribution in [0, 0.1) is 0 Å². The summed E-state index contributed by atoms with van der Waals surface area (Å²) >= 11 is 5.86. The topological polar surface area (TPSA) is 56.7 Å². The lowest BCUT2D eigenvalue weighted by atomic mass is 10.2. The van der Waals surface area contributed by atoms with Crippen LogP contribution in [0.4, 0.5) is 0 Å². The van der Waals surface area contributed by atoms with Gasteiger partial charge in [-0.15, -0.1) is 24.0 Å². The van der Waals surface area contributed by atoms with Crippen molar-refractivity contribution in [2.24, 2.45) is 4.99 Å². The lowest BCUT2D eigenvalue weighted by Gasteiger charge is -2.15. The van der Waals surface area contributed by atoms with Gasteiger partial charge in [0.05, 0.1) is 13.1 Å². The molecule has 7 heteroatoms. The first kappa shape index (κ1) is 21.7. The minimum absolute atomic E-state index is 0. The lowest BCUT2D eigenvalue weighted by Crippen LogP contribution is -2.43. The van der Waals surface area contributed by atoms with Crippen molar-refractivity contribution in [3.63, 3.8) is 0 Å². The van der Waals surface area contributed by atoms with Crippen molar-refractivity contribution in [1.29, 1.82) is 0 Å². The molecule has 0 saturated heterocycles. The zero-order valence-corrected chi connectivity index (χ0v) is 16.8. The van der Waals surface area contributed by atoms with Crippen LogP contribution in [0.1, 0.15) is 12.5 Å². The maximum atomic E-state index is 11.6. The Kier molecular flexibility index (Phi) is 10.7. The molecule has 0 aliphatic heterocycles. The van der Waals surface area contributed by atoms with Crippen molar-refractivity contribution in [2.75, 3.05) is 27.2 Å². The number of halogens is 2. The van der Waals surface area contributed by atoms with Crippen LogP contribution in [0.5, 0.6) is 0 Å². The number of aliphatic imine (C=N–C) groups is 1. The summed E-state index contributed by atoms with van der Waals surface area (Å²) in [6.45, 7) is 7.06. The Morgan fingerprint density at radius 3 is 2.30 bits per heavy atom. The van der Waals surface area contributed by atoms with E-state index in [9.17, 15) is 4.79 Å². The smallest absolute Gasteiger partial charge is 0.241 e. The molecule has 1 rings (SSSR count). The first-order valence-corrected chi connectivity index (χ1v) is 7.37. The van der Waals surface area contributed by atoms with Crippen molar-refractivity contribution in [3.8, 4) is 0 Å². The summed E-state index contributed by atoms with van der Waals surface area (Å²) in [6.07, 6.45) is 0. The van der Waals surface area contributed by atoms with Gasteiger partial charge in [0.1, 0.15) is 0 Å². The monoisotopic (exact) mass is 450 g/mol. The number of hydrogen-bond donors (Lipinski definition) is 2. The number of hydrogen-bond acceptors (Lipinski definition) is 2. The molecule has 1 amide bonds. The second-order valence-corrected chi connectivity index (χ2v) is 5.68. The van der Waals surface area contributed by atoms with E-state index in [1.54, 1.807) is 14.1 Å². The molecule has 1 aromatic rings. The molecule has 0 aliphatic carbocycles. The van der Waals surface area contributed by atoms with Crippen molar-refractivity contribution in [1.82, 2.24) is 15.5 Å². The maximum Gasteiger partial charge on any atom is 0.241 e. The van der Waals surface area contributed by atoms with E-state index in [4.69, 9.17) is 11.6 Å². The first-order chi connectivity index (χ1) is 10.4. The Labute approximate surface area is 160 Å². The highest BCUT2D eigenvalue weighted by atomic mass is 127. The van der Waals surface area contributed by atoms with Gasteiger partial charge < -0.3 is 15.5 Å². The number of nitrogens with zero attached hydrogens (tertiary/aromatic N) is 2. The van der Waals surface area contributed by atoms with E-state index in [0.717, 1.165) is 11.1 Å².